The van der Waals surface area contributed by atoms with Gasteiger partial charge in [0.25, 0.3) is 0 Å². The quantitative estimate of drug-likeness (QED) is 0.0996. The number of hydrogen-bond donors (Lipinski definition) is 0. The molecule has 2 heterocycles. The van der Waals surface area contributed by atoms with Crippen molar-refractivity contribution in [3.63, 3.8) is 0 Å². The lowest BCUT2D eigenvalue weighted by atomic mass is 9.65. The average molecular weight is 759 g/mol. The first-order chi connectivity index (χ1) is 28.6. The van der Waals surface area contributed by atoms with E-state index in [0.717, 1.165) is 23.9 Å². The van der Waals surface area contributed by atoms with E-state index in [0.29, 0.717) is 53.8 Å². The van der Waals surface area contributed by atoms with Crippen LogP contribution in [0.4, 0.5) is 0 Å². The van der Waals surface area contributed by atoms with E-state index in [1.165, 1.54) is 43.8 Å². The average Bonchev–Trinajstić information content (AvgIpc) is 3.96. The Morgan fingerprint density at radius 2 is 1.43 bits per heavy atom. The molecule has 4 nitrogen and oxygen atoms in total. The zero-order valence-corrected chi connectivity index (χ0v) is 32.4. The highest BCUT2D eigenvalue weighted by molar-refractivity contribution is 7.13. The summed E-state index contributed by atoms with van der Waals surface area (Å²) < 4.78 is 5.27. The molecule has 9 atom stereocenters. The summed E-state index contributed by atoms with van der Waals surface area (Å²) in [5.74, 6) is 3.54. The van der Waals surface area contributed by atoms with E-state index in [1.54, 1.807) is 97.8 Å². The minimum Gasteiger partial charge on any atom is -0.469 e. The third kappa shape index (κ3) is 2.23. The van der Waals surface area contributed by atoms with Crippen molar-refractivity contribution >= 4 is 126 Å². The van der Waals surface area contributed by atoms with Crippen LogP contribution in [-0.2, 0) is 14.9 Å². The molecule has 270 valence electrons. The van der Waals surface area contributed by atoms with Crippen LogP contribution < -0.4 is 5.22 Å². The minimum atomic E-state index is -0.198. The van der Waals surface area contributed by atoms with Gasteiger partial charge in [-0.2, -0.15) is 0 Å². The van der Waals surface area contributed by atoms with Crippen LogP contribution in [0.1, 0.15) is 92.0 Å². The number of allylic oxidation sites excluding steroid dienone is 3. The van der Waals surface area contributed by atoms with Gasteiger partial charge in [0.15, 0.2) is 0 Å². The van der Waals surface area contributed by atoms with Crippen molar-refractivity contribution in [2.75, 3.05) is 7.11 Å². The number of esters is 1. The van der Waals surface area contributed by atoms with Gasteiger partial charge in [-0.3, -0.25) is 14.8 Å². The van der Waals surface area contributed by atoms with Crippen LogP contribution in [0.5, 0.6) is 0 Å². The summed E-state index contributed by atoms with van der Waals surface area (Å²) >= 11 is 1.93. The molecule has 0 N–H and O–H groups in total. The zero-order valence-electron chi connectivity index (χ0n) is 31.6. The fourth-order valence-electron chi connectivity index (χ4n) is 17.3. The van der Waals surface area contributed by atoms with E-state index in [-0.39, 0.29) is 11.4 Å². The smallest absolute Gasteiger partial charge is 0.305 e. The highest BCUT2D eigenvalue weighted by atomic mass is 32.1. The lowest BCUT2D eigenvalue weighted by molar-refractivity contribution is -0.140. The monoisotopic (exact) mass is 758 g/mol. The van der Waals surface area contributed by atoms with Crippen LogP contribution in [0, 0.1) is 24.7 Å². The second kappa shape index (κ2) is 7.90. The summed E-state index contributed by atoms with van der Waals surface area (Å²) in [4.78, 5) is 25.6. The second-order valence-electron chi connectivity index (χ2n) is 19.8. The largest absolute Gasteiger partial charge is 0.469 e. The Labute approximate surface area is 333 Å². The number of aromatic nitrogens is 2. The molecule has 2 saturated carbocycles. The Balaban J connectivity index is 1.09. The van der Waals surface area contributed by atoms with E-state index in [4.69, 9.17) is 14.7 Å². The third-order valence-electron chi connectivity index (χ3n) is 18.6. The molecule has 0 spiro atoms. The van der Waals surface area contributed by atoms with Gasteiger partial charge in [-0.05, 0) is 168 Å². The summed E-state index contributed by atoms with van der Waals surface area (Å²) in [6.45, 7) is 2.23. The number of carbonyl (C=O) groups is 1. The predicted molar refractivity (Wildman–Crippen MR) is 233 cm³/mol. The fraction of sp³-hybridized carbons (Fsp3) is 0.264. The van der Waals surface area contributed by atoms with Crippen molar-refractivity contribution in [3.05, 3.63) is 103 Å². The van der Waals surface area contributed by atoms with Gasteiger partial charge in [-0.25, -0.2) is 0 Å². The van der Waals surface area contributed by atoms with Crippen molar-refractivity contribution in [1.29, 1.82) is 0 Å². The maximum Gasteiger partial charge on any atom is 0.305 e. The van der Waals surface area contributed by atoms with Crippen LogP contribution >= 0.6 is 11.3 Å². The molecule has 8 aliphatic rings. The van der Waals surface area contributed by atoms with E-state index < -0.39 is 0 Å². The number of rotatable bonds is 5. The highest BCUT2D eigenvalue weighted by Gasteiger charge is 2.71. The highest BCUT2D eigenvalue weighted by Crippen LogP contribution is 2.82. The molecule has 2 aromatic heterocycles. The number of aryl methyl sites for hydroxylation is 1. The summed E-state index contributed by atoms with van der Waals surface area (Å²) in [5.41, 5.74) is 13.5. The molecule has 2 fully saturated rings. The first kappa shape index (κ1) is 27.9. The van der Waals surface area contributed by atoms with Gasteiger partial charge < -0.3 is 4.74 Å². The van der Waals surface area contributed by atoms with Crippen LogP contribution in [0.25, 0.3) is 109 Å². The van der Waals surface area contributed by atoms with Gasteiger partial charge in [0, 0.05) is 63.6 Å². The molecule has 5 heteroatoms. The number of methoxy groups -OCH3 is 1. The SMILES string of the molecule is COC(=O)CCCC1(c2sc(C)c3nccnc23)C2c3c4c5c6c3c3c(c7ccc8c9ccc%10c%11c%12c%13c(c6c6c%13c(c%119)c8c7c36)=C3C5C(C=C4)C4C=CC%10C%12C34)C21. The number of benzene rings is 5. The minimum absolute atomic E-state index is 0.116. The van der Waals surface area contributed by atoms with Crippen molar-refractivity contribution in [3.8, 4) is 0 Å². The first-order valence-corrected chi connectivity index (χ1v) is 22.4. The number of nitrogens with zero attached hydrogens (tertiary/aromatic N) is 2. The van der Waals surface area contributed by atoms with Crippen LogP contribution in [0.15, 0.2) is 54.9 Å². The molecule has 0 saturated heterocycles. The van der Waals surface area contributed by atoms with Gasteiger partial charge >= 0.3 is 5.97 Å². The summed E-state index contributed by atoms with van der Waals surface area (Å²) in [7, 11) is 1.53. The van der Waals surface area contributed by atoms with Crippen LogP contribution in [-0.4, -0.2) is 23.0 Å². The normalized spacial score (nSPS) is 30.8. The second-order valence-corrected chi connectivity index (χ2v) is 21.0. The van der Waals surface area contributed by atoms with Crippen LogP contribution in [0.3, 0.4) is 0 Å². The van der Waals surface area contributed by atoms with Gasteiger partial charge in [-0.1, -0.05) is 48.6 Å². The number of carbonyl (C=O) groups excluding carboxylic acids is 1. The lowest BCUT2D eigenvalue weighted by Crippen LogP contribution is -2.31. The van der Waals surface area contributed by atoms with Crippen molar-refractivity contribution < 1.29 is 9.53 Å². The zero-order chi connectivity index (χ0) is 36.9. The molecule has 19 rings (SSSR count). The number of fused-ring (bicyclic) bond motifs is 9. The topological polar surface area (TPSA) is 52.1 Å². The van der Waals surface area contributed by atoms with E-state index in [1.807, 2.05) is 29.3 Å². The van der Waals surface area contributed by atoms with Crippen molar-refractivity contribution in [2.24, 2.45) is 17.8 Å². The molecule has 11 aromatic rings. The van der Waals surface area contributed by atoms with Crippen molar-refractivity contribution in [2.45, 2.75) is 61.2 Å². The summed E-state index contributed by atoms with van der Waals surface area (Å²) in [5, 5.41) is 26.8. The molecule has 9 aromatic carbocycles. The van der Waals surface area contributed by atoms with Gasteiger partial charge in [-0.15, -0.1) is 11.3 Å². The van der Waals surface area contributed by atoms with Gasteiger partial charge in [0.05, 0.1) is 7.11 Å². The predicted octanol–water partition coefficient (Wildman–Crippen LogP) is 11.5. The lowest BCUT2D eigenvalue weighted by Gasteiger charge is -2.37. The third-order valence-corrected chi connectivity index (χ3v) is 19.8. The van der Waals surface area contributed by atoms with Crippen molar-refractivity contribution in [1.82, 2.24) is 9.97 Å². The molecule has 58 heavy (non-hydrogen) atoms. The molecule has 0 bridgehead atoms. The molecule has 8 aliphatic carbocycles. The number of hydrogen-bond acceptors (Lipinski definition) is 5. The molecule has 0 amide bonds. The molecule has 0 radical (unpaired) electrons. The summed E-state index contributed by atoms with van der Waals surface area (Å²) in [6.07, 6.45) is 16.6. The van der Waals surface area contributed by atoms with Gasteiger partial charge in [0.1, 0.15) is 11.0 Å². The first-order valence-electron chi connectivity index (χ1n) is 21.6. The van der Waals surface area contributed by atoms with Crippen LogP contribution in [0.2, 0.25) is 0 Å². The van der Waals surface area contributed by atoms with E-state index in [2.05, 4.69) is 55.5 Å². The Morgan fingerprint density at radius 1 is 0.707 bits per heavy atom. The Morgan fingerprint density at radius 3 is 2.33 bits per heavy atom. The summed E-state index contributed by atoms with van der Waals surface area (Å²) in [6, 6.07) is 10.1. The standard InChI is InChI=1S/C53H30N2O2S/c1-16-50-51(55-15-14-54-50)52(58-16)53(13-3-4-25(56)57-2)48-34-23-11-9-21-19-7-5-17-18-6-8-20-22-10-12-24-33-31(22)38-29(20)27(18)36-26(17)28(19)37-30(21)32(23)39-41(34)42(35(24)49(48)53)40(33)47-45(38)43(36)44(37)46(39)47/h5-12,14-15,17,19,21,26,28,30,48-49H,3-4,13H2,1-2H3. The Bertz CT molecular complexity index is 4090. The Hall–Kier alpha value is -5.65. The number of thiophene rings is 1. The number of ether oxygens (including phenoxy) is 1. The fourth-order valence-corrected chi connectivity index (χ4v) is 18.7. The van der Waals surface area contributed by atoms with Gasteiger partial charge in [0.2, 0.25) is 0 Å². The maximum absolute atomic E-state index is 12.9. The molecule has 9 unspecified atom stereocenters. The van der Waals surface area contributed by atoms with E-state index >= 15 is 0 Å². The van der Waals surface area contributed by atoms with E-state index in [9.17, 15) is 4.79 Å². The molecular weight excluding hydrogens is 729 g/mol. The molecular formula is C53H30N2O2S. The Kier molecular flexibility index (Phi) is 3.80. The molecule has 0 aliphatic heterocycles. The maximum atomic E-state index is 12.9.